The number of hydrogen-bond donors (Lipinski definition) is 1. The second-order valence-electron chi connectivity index (χ2n) is 3.61. The van der Waals surface area contributed by atoms with Crippen molar-refractivity contribution in [2.75, 3.05) is 13.2 Å². The monoisotopic (exact) mass is 311 g/mol. The summed E-state index contributed by atoms with van der Waals surface area (Å²) in [6.07, 6.45) is 2.18. The molecule has 0 spiro atoms. The lowest BCUT2D eigenvalue weighted by atomic mass is 9.91. The number of hydrogen-bond acceptors (Lipinski definition) is 3. The van der Waals surface area contributed by atoms with Gasteiger partial charge in [0.15, 0.2) is 0 Å². The van der Waals surface area contributed by atoms with E-state index in [9.17, 15) is 0 Å². The molecule has 0 aliphatic carbocycles. The summed E-state index contributed by atoms with van der Waals surface area (Å²) >= 11 is 5.27. The molecule has 2 rings (SSSR count). The first kappa shape index (κ1) is 13.5. The fourth-order valence-corrected chi connectivity index (χ4v) is 3.57. The molecule has 0 aromatic carbocycles. The van der Waals surface area contributed by atoms with Crippen LogP contribution >= 0.6 is 39.7 Å². The second kappa shape index (κ2) is 6.21. The molecule has 86 valence electrons. The molecular weight excluding hydrogens is 298 g/mol. The van der Waals surface area contributed by atoms with Gasteiger partial charge in [-0.25, -0.2) is 0 Å². The van der Waals surface area contributed by atoms with Crippen molar-refractivity contribution in [1.82, 2.24) is 0 Å². The van der Waals surface area contributed by atoms with E-state index in [-0.39, 0.29) is 18.4 Å². The average Bonchev–Trinajstić information content (AvgIpc) is 2.65. The molecule has 1 aromatic rings. The van der Waals surface area contributed by atoms with E-state index in [2.05, 4.69) is 27.4 Å². The van der Waals surface area contributed by atoms with E-state index >= 15 is 0 Å². The average molecular weight is 313 g/mol. The van der Waals surface area contributed by atoms with Crippen LogP contribution < -0.4 is 5.73 Å². The van der Waals surface area contributed by atoms with Crippen molar-refractivity contribution in [3.63, 3.8) is 0 Å². The van der Waals surface area contributed by atoms with Gasteiger partial charge in [0, 0.05) is 28.6 Å². The number of rotatable bonds is 2. The fourth-order valence-electron chi connectivity index (χ4n) is 1.83. The van der Waals surface area contributed by atoms with Gasteiger partial charge in [0.25, 0.3) is 0 Å². The van der Waals surface area contributed by atoms with Crippen LogP contribution in [0.25, 0.3) is 0 Å². The van der Waals surface area contributed by atoms with Gasteiger partial charge in [-0.15, -0.1) is 23.7 Å². The second-order valence-corrected chi connectivity index (χ2v) is 5.41. The first-order chi connectivity index (χ1) is 6.79. The van der Waals surface area contributed by atoms with Crippen molar-refractivity contribution in [2.24, 2.45) is 11.7 Å². The molecule has 1 fully saturated rings. The topological polar surface area (TPSA) is 35.2 Å². The Morgan fingerprint density at radius 2 is 2.13 bits per heavy atom. The minimum atomic E-state index is 0. The zero-order chi connectivity index (χ0) is 9.97. The van der Waals surface area contributed by atoms with E-state index in [4.69, 9.17) is 10.5 Å². The van der Waals surface area contributed by atoms with Gasteiger partial charge in [0.05, 0.1) is 0 Å². The van der Waals surface area contributed by atoms with Crippen molar-refractivity contribution in [3.05, 3.63) is 20.8 Å². The SMILES string of the molecule is Cl.N[C@@H](c1sccc1Br)C1CCOCC1. The highest BCUT2D eigenvalue weighted by molar-refractivity contribution is 9.10. The standard InChI is InChI=1S/C10H14BrNOS.ClH/c11-8-3-6-14-10(8)9(12)7-1-4-13-5-2-7;/h3,6-7,9H,1-2,4-5,12H2;1H/t9-;/m1./s1. The maximum absolute atomic E-state index is 6.24. The van der Waals surface area contributed by atoms with Crippen molar-refractivity contribution < 1.29 is 4.74 Å². The highest BCUT2D eigenvalue weighted by atomic mass is 79.9. The van der Waals surface area contributed by atoms with Gasteiger partial charge < -0.3 is 10.5 Å². The van der Waals surface area contributed by atoms with Crippen LogP contribution in [0.3, 0.4) is 0 Å². The summed E-state index contributed by atoms with van der Waals surface area (Å²) in [5.74, 6) is 0.582. The lowest BCUT2D eigenvalue weighted by molar-refractivity contribution is 0.0587. The van der Waals surface area contributed by atoms with E-state index < -0.39 is 0 Å². The van der Waals surface area contributed by atoms with Crippen LogP contribution in [0.2, 0.25) is 0 Å². The highest BCUT2D eigenvalue weighted by Gasteiger charge is 2.24. The molecule has 5 heteroatoms. The van der Waals surface area contributed by atoms with Crippen LogP contribution in [0.5, 0.6) is 0 Å². The summed E-state index contributed by atoms with van der Waals surface area (Å²) < 4.78 is 6.49. The lowest BCUT2D eigenvalue weighted by Crippen LogP contribution is -2.27. The van der Waals surface area contributed by atoms with Gasteiger partial charge in [-0.2, -0.15) is 0 Å². The van der Waals surface area contributed by atoms with Gasteiger partial charge in [-0.1, -0.05) is 0 Å². The summed E-state index contributed by atoms with van der Waals surface area (Å²) in [5, 5.41) is 2.08. The number of thiophene rings is 1. The van der Waals surface area contributed by atoms with Gasteiger partial charge in [-0.05, 0) is 46.1 Å². The Balaban J connectivity index is 0.00000112. The Morgan fingerprint density at radius 1 is 1.47 bits per heavy atom. The Morgan fingerprint density at radius 3 is 2.67 bits per heavy atom. The zero-order valence-electron chi connectivity index (χ0n) is 8.32. The summed E-state index contributed by atoms with van der Waals surface area (Å²) in [5.41, 5.74) is 6.24. The maximum atomic E-state index is 6.24. The summed E-state index contributed by atoms with van der Waals surface area (Å²) in [6.45, 7) is 1.72. The number of nitrogens with two attached hydrogens (primary N) is 1. The van der Waals surface area contributed by atoms with Crippen LogP contribution in [0.1, 0.15) is 23.8 Å². The fraction of sp³-hybridized carbons (Fsp3) is 0.600. The summed E-state index contributed by atoms with van der Waals surface area (Å²) in [7, 11) is 0. The Labute approximate surface area is 109 Å². The molecule has 1 atom stereocenters. The van der Waals surface area contributed by atoms with Crippen LogP contribution in [0.15, 0.2) is 15.9 Å². The molecule has 1 aliphatic rings. The lowest BCUT2D eigenvalue weighted by Gasteiger charge is -2.27. The van der Waals surface area contributed by atoms with Gasteiger partial charge in [0.2, 0.25) is 0 Å². The molecule has 15 heavy (non-hydrogen) atoms. The van der Waals surface area contributed by atoms with Crippen molar-refractivity contribution in [2.45, 2.75) is 18.9 Å². The number of halogens is 2. The molecule has 0 unspecified atom stereocenters. The Hall–Kier alpha value is 0.390. The molecule has 0 saturated carbocycles. The third-order valence-corrected chi connectivity index (χ3v) is 4.69. The van der Waals surface area contributed by atoms with Gasteiger partial charge >= 0.3 is 0 Å². The first-order valence-corrected chi connectivity index (χ1v) is 6.52. The molecule has 1 saturated heterocycles. The molecular formula is C10H15BrClNOS. The van der Waals surface area contributed by atoms with E-state index in [0.717, 1.165) is 30.5 Å². The van der Waals surface area contributed by atoms with Crippen LogP contribution in [0, 0.1) is 5.92 Å². The van der Waals surface area contributed by atoms with Crippen molar-refractivity contribution >= 4 is 39.7 Å². The summed E-state index contributed by atoms with van der Waals surface area (Å²) in [6, 6.07) is 2.24. The van der Waals surface area contributed by atoms with Crippen LogP contribution in [-0.4, -0.2) is 13.2 Å². The maximum Gasteiger partial charge on any atom is 0.0469 e. The third-order valence-electron chi connectivity index (χ3n) is 2.72. The molecule has 2 heterocycles. The smallest absolute Gasteiger partial charge is 0.0469 e. The predicted molar refractivity (Wildman–Crippen MR) is 69.7 cm³/mol. The predicted octanol–water partition coefficient (Wildman–Crippen LogP) is 3.36. The molecule has 0 amide bonds. The largest absolute Gasteiger partial charge is 0.381 e. The van der Waals surface area contributed by atoms with Gasteiger partial charge in [-0.3, -0.25) is 0 Å². The Bertz CT molecular complexity index is 301. The summed E-state index contributed by atoms with van der Waals surface area (Å²) in [4.78, 5) is 1.27. The van der Waals surface area contributed by atoms with E-state index in [0.29, 0.717) is 5.92 Å². The Kier molecular flexibility index (Phi) is 5.57. The minimum absolute atomic E-state index is 0. The van der Waals surface area contributed by atoms with E-state index in [1.807, 2.05) is 0 Å². The first-order valence-electron chi connectivity index (χ1n) is 4.85. The third kappa shape index (κ3) is 3.17. The van der Waals surface area contributed by atoms with Crippen molar-refractivity contribution in [3.8, 4) is 0 Å². The zero-order valence-corrected chi connectivity index (χ0v) is 11.5. The molecule has 0 bridgehead atoms. The highest BCUT2D eigenvalue weighted by Crippen LogP contribution is 2.35. The molecule has 2 N–H and O–H groups in total. The van der Waals surface area contributed by atoms with Crippen LogP contribution in [-0.2, 0) is 4.74 Å². The molecule has 1 aromatic heterocycles. The van der Waals surface area contributed by atoms with Crippen molar-refractivity contribution in [1.29, 1.82) is 0 Å². The minimum Gasteiger partial charge on any atom is -0.381 e. The van der Waals surface area contributed by atoms with E-state index in [1.54, 1.807) is 11.3 Å². The molecule has 1 aliphatic heterocycles. The van der Waals surface area contributed by atoms with E-state index in [1.165, 1.54) is 4.88 Å². The molecule has 2 nitrogen and oxygen atoms in total. The van der Waals surface area contributed by atoms with Gasteiger partial charge in [0.1, 0.15) is 0 Å². The number of ether oxygens (including phenoxy) is 1. The molecule has 0 radical (unpaired) electrons. The normalized spacial score (nSPS) is 19.6. The quantitative estimate of drug-likeness (QED) is 0.909. The van der Waals surface area contributed by atoms with Crippen LogP contribution in [0.4, 0.5) is 0 Å².